The van der Waals surface area contributed by atoms with Crippen LogP contribution in [0.5, 0.6) is 0 Å². The Morgan fingerprint density at radius 2 is 1.89 bits per heavy atom. The van der Waals surface area contributed by atoms with E-state index in [2.05, 4.69) is 22.5 Å². The molecule has 1 atom stereocenters. The summed E-state index contributed by atoms with van der Waals surface area (Å²) in [6.45, 7) is 5.00. The molecule has 106 valence electrons. The Morgan fingerprint density at radius 3 is 2.53 bits per heavy atom. The quantitative estimate of drug-likeness (QED) is 0.819. The number of pyridine rings is 1. The van der Waals surface area contributed by atoms with E-state index in [-0.39, 0.29) is 0 Å². The van der Waals surface area contributed by atoms with Crippen LogP contribution in [0.3, 0.4) is 0 Å². The van der Waals surface area contributed by atoms with Crippen molar-refractivity contribution in [3.05, 3.63) is 16.1 Å². The molecular weight excluding hydrogens is 281 g/mol. The van der Waals surface area contributed by atoms with Gasteiger partial charge in [-0.15, -0.1) is 0 Å². The molecule has 1 unspecified atom stereocenters. The minimum atomic E-state index is 0.392. The molecule has 5 heteroatoms. The van der Waals surface area contributed by atoms with Crippen LogP contribution in [-0.4, -0.2) is 17.6 Å². The second-order valence-corrected chi connectivity index (χ2v) is 5.97. The molecule has 0 bridgehead atoms. The van der Waals surface area contributed by atoms with Crippen LogP contribution < -0.4 is 10.6 Å². The molecule has 0 aliphatic heterocycles. The van der Waals surface area contributed by atoms with Gasteiger partial charge in [-0.25, -0.2) is 4.98 Å². The number of hydrogen-bond acceptors (Lipinski definition) is 3. The Hall–Kier alpha value is -0.670. The van der Waals surface area contributed by atoms with Crippen LogP contribution in [0, 0.1) is 5.92 Å². The normalized spacial score (nSPS) is 17.5. The number of hydrogen-bond donors (Lipinski definition) is 2. The molecule has 0 saturated heterocycles. The van der Waals surface area contributed by atoms with Crippen molar-refractivity contribution < 1.29 is 0 Å². The lowest BCUT2D eigenvalue weighted by molar-refractivity contribution is 0.481. The van der Waals surface area contributed by atoms with E-state index >= 15 is 0 Å². The van der Waals surface area contributed by atoms with Crippen molar-refractivity contribution in [1.82, 2.24) is 4.98 Å². The monoisotopic (exact) mass is 301 g/mol. The third kappa shape index (κ3) is 3.67. The Labute approximate surface area is 125 Å². The fourth-order valence-corrected chi connectivity index (χ4v) is 3.13. The van der Waals surface area contributed by atoms with Gasteiger partial charge in [0.15, 0.2) is 0 Å². The van der Waals surface area contributed by atoms with E-state index in [0.29, 0.717) is 21.9 Å². The van der Waals surface area contributed by atoms with Gasteiger partial charge in [0, 0.05) is 12.6 Å². The molecule has 2 N–H and O–H groups in total. The van der Waals surface area contributed by atoms with Crippen LogP contribution in [0.2, 0.25) is 10.0 Å². The molecule has 0 aromatic carbocycles. The van der Waals surface area contributed by atoms with Gasteiger partial charge in [-0.1, -0.05) is 36.0 Å². The van der Waals surface area contributed by atoms with Crippen LogP contribution in [0.25, 0.3) is 0 Å². The predicted molar refractivity (Wildman–Crippen MR) is 83.5 cm³/mol. The summed E-state index contributed by atoms with van der Waals surface area (Å²) < 4.78 is 0. The summed E-state index contributed by atoms with van der Waals surface area (Å²) in [7, 11) is 0. The fourth-order valence-electron chi connectivity index (χ4n) is 2.65. The fraction of sp³-hybridized carbons (Fsp3) is 0.643. The average Bonchev–Trinajstić information content (AvgIpc) is 2.89. The molecular formula is C14H21Cl2N3. The van der Waals surface area contributed by atoms with Gasteiger partial charge in [-0.2, -0.15) is 0 Å². The van der Waals surface area contributed by atoms with Crippen LogP contribution in [0.15, 0.2) is 6.07 Å². The molecule has 19 heavy (non-hydrogen) atoms. The van der Waals surface area contributed by atoms with Crippen molar-refractivity contribution in [3.8, 4) is 0 Å². The van der Waals surface area contributed by atoms with Crippen molar-refractivity contribution >= 4 is 34.8 Å². The second-order valence-electron chi connectivity index (χ2n) is 5.16. The Morgan fingerprint density at radius 1 is 1.26 bits per heavy atom. The highest BCUT2D eigenvalue weighted by atomic mass is 35.5. The van der Waals surface area contributed by atoms with E-state index in [9.17, 15) is 0 Å². The number of aromatic nitrogens is 1. The molecule has 1 heterocycles. The highest BCUT2D eigenvalue weighted by Crippen LogP contribution is 2.33. The number of halogens is 2. The van der Waals surface area contributed by atoms with Crippen molar-refractivity contribution in [2.75, 3.05) is 17.2 Å². The Kier molecular flexibility index (Phi) is 5.17. The van der Waals surface area contributed by atoms with Crippen molar-refractivity contribution in [2.45, 2.75) is 45.6 Å². The third-order valence-electron chi connectivity index (χ3n) is 3.75. The first kappa shape index (κ1) is 14.7. The molecule has 1 aliphatic carbocycles. The van der Waals surface area contributed by atoms with Gasteiger partial charge < -0.3 is 10.6 Å². The highest BCUT2D eigenvalue weighted by Gasteiger charge is 2.22. The van der Waals surface area contributed by atoms with Gasteiger partial charge in [0.25, 0.3) is 0 Å². The third-order valence-corrected chi connectivity index (χ3v) is 4.32. The van der Waals surface area contributed by atoms with Gasteiger partial charge in [-0.3, -0.25) is 0 Å². The van der Waals surface area contributed by atoms with Crippen molar-refractivity contribution in [3.63, 3.8) is 0 Å². The zero-order valence-corrected chi connectivity index (χ0v) is 13.0. The smallest absolute Gasteiger partial charge is 0.147 e. The highest BCUT2D eigenvalue weighted by molar-refractivity contribution is 6.37. The van der Waals surface area contributed by atoms with Gasteiger partial charge in [0.2, 0.25) is 0 Å². The Balaban J connectivity index is 2.12. The minimum absolute atomic E-state index is 0.392. The number of nitrogens with one attached hydrogen (secondary N) is 2. The van der Waals surface area contributed by atoms with Crippen molar-refractivity contribution in [2.24, 2.45) is 5.92 Å². The maximum Gasteiger partial charge on any atom is 0.147 e. The molecule has 0 amide bonds. The first-order valence-electron chi connectivity index (χ1n) is 6.98. The largest absolute Gasteiger partial charge is 0.369 e. The summed E-state index contributed by atoms with van der Waals surface area (Å²) in [6, 6.07) is 2.14. The lowest BCUT2D eigenvalue weighted by Gasteiger charge is -2.22. The summed E-state index contributed by atoms with van der Waals surface area (Å²) in [5.41, 5.74) is 0. The van der Waals surface area contributed by atoms with Gasteiger partial charge in [0.05, 0.1) is 10.0 Å². The molecule has 0 spiro atoms. The van der Waals surface area contributed by atoms with Crippen molar-refractivity contribution in [1.29, 1.82) is 0 Å². The zero-order chi connectivity index (χ0) is 13.8. The number of rotatable bonds is 5. The molecule has 3 nitrogen and oxygen atoms in total. The molecule has 1 saturated carbocycles. The SMILES string of the molecule is CCNc1nc(NC(C)C2CCCC2)c(Cl)cc1Cl. The lowest BCUT2D eigenvalue weighted by Crippen LogP contribution is -2.24. The molecule has 1 aliphatic rings. The lowest BCUT2D eigenvalue weighted by atomic mass is 10.00. The van der Waals surface area contributed by atoms with Crippen LogP contribution in [0.4, 0.5) is 11.6 Å². The van der Waals surface area contributed by atoms with Gasteiger partial charge in [-0.05, 0) is 38.7 Å². The molecule has 1 aromatic rings. The van der Waals surface area contributed by atoms with Gasteiger partial charge in [0.1, 0.15) is 11.6 Å². The molecule has 1 fully saturated rings. The minimum Gasteiger partial charge on any atom is -0.369 e. The van der Waals surface area contributed by atoms with Crippen LogP contribution in [-0.2, 0) is 0 Å². The first-order chi connectivity index (χ1) is 9.11. The van der Waals surface area contributed by atoms with E-state index in [1.165, 1.54) is 25.7 Å². The summed E-state index contributed by atoms with van der Waals surface area (Å²) in [5.74, 6) is 2.13. The van der Waals surface area contributed by atoms with E-state index in [1.807, 2.05) is 6.92 Å². The topological polar surface area (TPSA) is 37.0 Å². The molecule has 1 aromatic heterocycles. The molecule has 2 rings (SSSR count). The maximum absolute atomic E-state index is 6.22. The standard InChI is InChI=1S/C14H21Cl2N3/c1-3-17-13-11(15)8-12(16)14(19-13)18-9(2)10-6-4-5-7-10/h8-10H,3-7H2,1-2H3,(H2,17,18,19). The van der Waals surface area contributed by atoms with E-state index in [1.54, 1.807) is 6.07 Å². The first-order valence-corrected chi connectivity index (χ1v) is 7.73. The van der Waals surface area contributed by atoms with E-state index in [4.69, 9.17) is 23.2 Å². The summed E-state index contributed by atoms with van der Waals surface area (Å²) >= 11 is 12.3. The van der Waals surface area contributed by atoms with Gasteiger partial charge >= 0.3 is 0 Å². The average molecular weight is 302 g/mol. The maximum atomic E-state index is 6.22. The summed E-state index contributed by atoms with van der Waals surface area (Å²) in [6.07, 6.45) is 5.25. The molecule has 0 radical (unpaired) electrons. The Bertz CT molecular complexity index is 431. The number of anilines is 2. The van der Waals surface area contributed by atoms with Crippen LogP contribution in [0.1, 0.15) is 39.5 Å². The summed E-state index contributed by atoms with van der Waals surface area (Å²) in [4.78, 5) is 4.49. The number of nitrogens with zero attached hydrogens (tertiary/aromatic N) is 1. The van der Waals surface area contributed by atoms with E-state index < -0.39 is 0 Å². The zero-order valence-electron chi connectivity index (χ0n) is 11.5. The van der Waals surface area contributed by atoms with E-state index in [0.717, 1.165) is 18.3 Å². The summed E-state index contributed by atoms with van der Waals surface area (Å²) in [5, 5.41) is 7.72. The second kappa shape index (κ2) is 6.67. The van der Waals surface area contributed by atoms with Crippen LogP contribution >= 0.6 is 23.2 Å². The predicted octanol–water partition coefficient (Wildman–Crippen LogP) is 4.81.